The van der Waals surface area contributed by atoms with Gasteiger partial charge in [0.1, 0.15) is 0 Å². The lowest BCUT2D eigenvalue weighted by molar-refractivity contribution is 1.28. The van der Waals surface area contributed by atoms with Crippen molar-refractivity contribution in [3.63, 3.8) is 0 Å². The monoisotopic (exact) mass is 679 g/mol. The molecule has 1 heterocycles. The Bertz CT molecular complexity index is 2870. The Hall–Kier alpha value is -6.48. The number of nitrogens with zero attached hydrogens (tertiary/aromatic N) is 1. The standard InChI is InChI=1S/C50H33NS/c1-2-9-34(10-3-1)36-19-25-42(26-20-36)51(43-27-21-37(22-28-43)40-18-17-35-11-4-5-12-39(35)31-40)44-29-23-38(24-30-44)45-15-8-13-41-32-50-48(33-47(41)45)46-14-6-7-16-49(46)52-50/h1-33H. The van der Waals surface area contributed by atoms with Crippen molar-refractivity contribution in [1.82, 2.24) is 0 Å². The van der Waals surface area contributed by atoms with Crippen molar-refractivity contribution in [3.8, 4) is 33.4 Å². The Morgan fingerprint density at radius 3 is 1.58 bits per heavy atom. The molecule has 1 aromatic heterocycles. The summed E-state index contributed by atoms with van der Waals surface area (Å²) in [4.78, 5) is 2.35. The first-order valence-corrected chi connectivity index (χ1v) is 18.6. The molecule has 0 amide bonds. The van der Waals surface area contributed by atoms with Crippen molar-refractivity contribution in [1.29, 1.82) is 0 Å². The minimum Gasteiger partial charge on any atom is -0.311 e. The van der Waals surface area contributed by atoms with E-state index in [-0.39, 0.29) is 0 Å². The van der Waals surface area contributed by atoms with Crippen molar-refractivity contribution in [3.05, 3.63) is 200 Å². The van der Waals surface area contributed by atoms with Gasteiger partial charge < -0.3 is 4.90 Å². The van der Waals surface area contributed by atoms with E-state index < -0.39 is 0 Å². The van der Waals surface area contributed by atoms with Gasteiger partial charge in [0.15, 0.2) is 0 Å². The second-order valence-electron chi connectivity index (χ2n) is 13.4. The molecule has 0 fully saturated rings. The van der Waals surface area contributed by atoms with Gasteiger partial charge >= 0.3 is 0 Å². The van der Waals surface area contributed by atoms with Crippen LogP contribution in [-0.2, 0) is 0 Å². The van der Waals surface area contributed by atoms with E-state index in [0.717, 1.165) is 17.1 Å². The number of hydrogen-bond acceptors (Lipinski definition) is 2. The van der Waals surface area contributed by atoms with E-state index in [0.29, 0.717) is 0 Å². The van der Waals surface area contributed by atoms with Crippen molar-refractivity contribution in [2.75, 3.05) is 4.90 Å². The third-order valence-electron chi connectivity index (χ3n) is 10.3. The summed E-state index contributed by atoms with van der Waals surface area (Å²) in [6, 6.07) is 72.9. The molecule has 0 aliphatic carbocycles. The SMILES string of the molecule is c1ccc(-c2ccc(N(c3ccc(-c4ccc5ccccc5c4)cc3)c3ccc(-c4cccc5cc6sc7ccccc7c6cc45)cc3)cc2)cc1. The Morgan fingerprint density at radius 2 is 0.846 bits per heavy atom. The number of thiophene rings is 1. The zero-order valence-corrected chi connectivity index (χ0v) is 29.2. The van der Waals surface area contributed by atoms with E-state index in [4.69, 9.17) is 0 Å². The minimum atomic E-state index is 1.11. The first kappa shape index (κ1) is 30.4. The highest BCUT2D eigenvalue weighted by atomic mass is 32.1. The lowest BCUT2D eigenvalue weighted by atomic mass is 9.96. The van der Waals surface area contributed by atoms with Gasteiger partial charge in [-0.2, -0.15) is 0 Å². The molecule has 0 aliphatic rings. The molecule has 1 nitrogen and oxygen atoms in total. The molecule has 52 heavy (non-hydrogen) atoms. The van der Waals surface area contributed by atoms with Crippen LogP contribution in [0.25, 0.3) is 75.1 Å². The second kappa shape index (κ2) is 12.7. The molecule has 0 saturated heterocycles. The highest BCUT2D eigenvalue weighted by Crippen LogP contribution is 2.41. The van der Waals surface area contributed by atoms with Crippen LogP contribution in [0.2, 0.25) is 0 Å². The zero-order chi connectivity index (χ0) is 34.4. The van der Waals surface area contributed by atoms with Gasteiger partial charge in [-0.25, -0.2) is 0 Å². The lowest BCUT2D eigenvalue weighted by Gasteiger charge is -2.26. The van der Waals surface area contributed by atoms with Gasteiger partial charge in [0.25, 0.3) is 0 Å². The maximum absolute atomic E-state index is 2.39. The molecule has 0 radical (unpaired) electrons. The summed E-state index contributed by atoms with van der Waals surface area (Å²) in [5.74, 6) is 0. The van der Waals surface area contributed by atoms with Crippen molar-refractivity contribution >= 4 is 70.1 Å². The molecule has 0 aliphatic heterocycles. The van der Waals surface area contributed by atoms with Crippen LogP contribution < -0.4 is 4.90 Å². The first-order chi connectivity index (χ1) is 25.7. The smallest absolute Gasteiger partial charge is 0.0462 e. The van der Waals surface area contributed by atoms with Gasteiger partial charge in [0.05, 0.1) is 0 Å². The number of fused-ring (bicyclic) bond motifs is 5. The molecule has 2 heteroatoms. The van der Waals surface area contributed by atoms with E-state index >= 15 is 0 Å². The molecule has 10 rings (SSSR count). The summed E-state index contributed by atoms with van der Waals surface area (Å²) in [5, 5.41) is 7.72. The molecular formula is C50H33NS. The van der Waals surface area contributed by atoms with Gasteiger partial charge in [0.2, 0.25) is 0 Å². The van der Waals surface area contributed by atoms with Crippen LogP contribution in [0.5, 0.6) is 0 Å². The first-order valence-electron chi connectivity index (χ1n) is 17.7. The average Bonchev–Trinajstić information content (AvgIpc) is 3.58. The fraction of sp³-hybridized carbons (Fsp3) is 0. The highest BCUT2D eigenvalue weighted by molar-refractivity contribution is 7.25. The quantitative estimate of drug-likeness (QED) is 0.169. The topological polar surface area (TPSA) is 3.24 Å². The van der Waals surface area contributed by atoms with Crippen LogP contribution in [0.3, 0.4) is 0 Å². The van der Waals surface area contributed by atoms with Crippen molar-refractivity contribution < 1.29 is 0 Å². The number of benzene rings is 9. The minimum absolute atomic E-state index is 1.11. The van der Waals surface area contributed by atoms with E-state index in [1.165, 1.54) is 75.1 Å². The van der Waals surface area contributed by atoms with E-state index in [9.17, 15) is 0 Å². The summed E-state index contributed by atoms with van der Waals surface area (Å²) in [5.41, 5.74) is 10.6. The fourth-order valence-corrected chi connectivity index (χ4v) is 8.73. The molecule has 10 aromatic rings. The van der Waals surface area contributed by atoms with Crippen LogP contribution in [0.15, 0.2) is 200 Å². The normalized spacial score (nSPS) is 11.5. The maximum atomic E-state index is 2.39. The fourth-order valence-electron chi connectivity index (χ4n) is 7.59. The van der Waals surface area contributed by atoms with Crippen LogP contribution in [0.1, 0.15) is 0 Å². The summed E-state index contributed by atoms with van der Waals surface area (Å²) in [7, 11) is 0. The number of anilines is 3. The third-order valence-corrected chi connectivity index (χ3v) is 11.4. The molecule has 0 spiro atoms. The van der Waals surface area contributed by atoms with Crippen LogP contribution in [0, 0.1) is 0 Å². The van der Waals surface area contributed by atoms with Crippen molar-refractivity contribution in [2.24, 2.45) is 0 Å². The van der Waals surface area contributed by atoms with Gasteiger partial charge in [-0.15, -0.1) is 11.3 Å². The molecule has 0 N–H and O–H groups in total. The predicted octanol–water partition coefficient (Wildman–Crippen LogP) is 14.8. The summed E-state index contributed by atoms with van der Waals surface area (Å²) in [6.07, 6.45) is 0. The number of rotatable bonds is 6. The molecule has 0 bridgehead atoms. The summed E-state index contributed by atoms with van der Waals surface area (Å²) >= 11 is 1.87. The Labute approximate surface area is 307 Å². The van der Waals surface area contributed by atoms with E-state index in [1.807, 2.05) is 11.3 Å². The molecular weight excluding hydrogens is 647 g/mol. The van der Waals surface area contributed by atoms with E-state index in [1.54, 1.807) is 0 Å². The van der Waals surface area contributed by atoms with Gasteiger partial charge in [-0.05, 0) is 116 Å². The van der Waals surface area contributed by atoms with Crippen molar-refractivity contribution in [2.45, 2.75) is 0 Å². The molecule has 0 saturated carbocycles. The van der Waals surface area contributed by atoms with Gasteiger partial charge in [0, 0.05) is 37.2 Å². The highest BCUT2D eigenvalue weighted by Gasteiger charge is 2.15. The maximum Gasteiger partial charge on any atom is 0.0462 e. The molecule has 0 atom stereocenters. The van der Waals surface area contributed by atoms with Crippen LogP contribution >= 0.6 is 11.3 Å². The van der Waals surface area contributed by atoms with E-state index in [2.05, 4.69) is 205 Å². The molecule has 244 valence electrons. The second-order valence-corrected chi connectivity index (χ2v) is 14.5. The Morgan fingerprint density at radius 1 is 0.288 bits per heavy atom. The lowest BCUT2D eigenvalue weighted by Crippen LogP contribution is -2.09. The van der Waals surface area contributed by atoms with Crippen LogP contribution in [0.4, 0.5) is 17.1 Å². The Kier molecular flexibility index (Phi) is 7.41. The van der Waals surface area contributed by atoms with Gasteiger partial charge in [-0.1, -0.05) is 140 Å². The molecule has 0 unspecified atom stereocenters. The summed E-state index contributed by atoms with van der Waals surface area (Å²) in [6.45, 7) is 0. The predicted molar refractivity (Wildman–Crippen MR) is 225 cm³/mol. The average molecular weight is 680 g/mol. The Balaban J connectivity index is 1.05. The zero-order valence-electron chi connectivity index (χ0n) is 28.4. The number of hydrogen-bond donors (Lipinski definition) is 0. The largest absolute Gasteiger partial charge is 0.311 e. The summed E-state index contributed by atoms with van der Waals surface area (Å²) < 4.78 is 2.67. The molecule has 9 aromatic carbocycles. The van der Waals surface area contributed by atoms with Gasteiger partial charge in [-0.3, -0.25) is 0 Å². The van der Waals surface area contributed by atoms with Crippen LogP contribution in [-0.4, -0.2) is 0 Å². The third kappa shape index (κ3) is 5.42.